The third-order valence-corrected chi connectivity index (χ3v) is 5.32. The topological polar surface area (TPSA) is 71.0 Å². The molecule has 1 aliphatic rings. The first kappa shape index (κ1) is 20.6. The van der Waals surface area contributed by atoms with Gasteiger partial charge in [0.05, 0.1) is 7.11 Å². The lowest BCUT2D eigenvalue weighted by atomic mass is 10.2. The van der Waals surface area contributed by atoms with Gasteiger partial charge in [-0.2, -0.15) is 0 Å². The number of methoxy groups -OCH3 is 1. The molecule has 0 aliphatic carbocycles. The van der Waals surface area contributed by atoms with E-state index in [1.807, 2.05) is 0 Å². The van der Waals surface area contributed by atoms with Crippen molar-refractivity contribution < 1.29 is 18.7 Å². The summed E-state index contributed by atoms with van der Waals surface area (Å²) in [6, 6.07) is 13.0. The Bertz CT molecular complexity index is 946. The second-order valence-electron chi connectivity index (χ2n) is 6.17. The number of amidine groups is 1. The van der Waals surface area contributed by atoms with Crippen molar-refractivity contribution in [1.29, 1.82) is 0 Å². The molecule has 3 rings (SSSR count). The number of hydrogen-bond donors (Lipinski definition) is 1. The van der Waals surface area contributed by atoms with Crippen molar-refractivity contribution in [1.82, 2.24) is 4.90 Å². The van der Waals surface area contributed by atoms with Crippen LogP contribution in [-0.2, 0) is 9.59 Å². The lowest BCUT2D eigenvalue weighted by molar-refractivity contribution is -0.127. The van der Waals surface area contributed by atoms with Crippen LogP contribution in [0.2, 0.25) is 0 Å². The van der Waals surface area contributed by atoms with E-state index in [1.165, 1.54) is 17.0 Å². The first-order valence-electron chi connectivity index (χ1n) is 8.88. The Labute approximate surface area is 172 Å². The maximum absolute atomic E-state index is 13.9. The van der Waals surface area contributed by atoms with Gasteiger partial charge in [-0.05, 0) is 36.4 Å². The van der Waals surface area contributed by atoms with Crippen molar-refractivity contribution in [3.8, 4) is 5.75 Å². The second kappa shape index (κ2) is 9.38. The molecule has 6 nitrogen and oxygen atoms in total. The second-order valence-corrected chi connectivity index (χ2v) is 7.34. The quantitative estimate of drug-likeness (QED) is 0.697. The van der Waals surface area contributed by atoms with Crippen LogP contribution >= 0.6 is 11.8 Å². The fraction of sp³-hybridized carbons (Fsp3) is 0.190. The molecule has 1 fully saturated rings. The molecule has 0 radical (unpaired) electrons. The summed E-state index contributed by atoms with van der Waals surface area (Å²) in [6.07, 6.45) is 1.54. The van der Waals surface area contributed by atoms with Gasteiger partial charge in [-0.3, -0.25) is 14.5 Å². The monoisotopic (exact) mass is 413 g/mol. The summed E-state index contributed by atoms with van der Waals surface area (Å²) >= 11 is 1.15. The molecule has 1 atom stereocenters. The van der Waals surface area contributed by atoms with Crippen LogP contribution in [0.25, 0.3) is 0 Å². The highest BCUT2D eigenvalue weighted by Crippen LogP contribution is 2.32. The molecule has 0 spiro atoms. The summed E-state index contributed by atoms with van der Waals surface area (Å²) < 4.78 is 19.0. The Morgan fingerprint density at radius 3 is 2.69 bits per heavy atom. The number of rotatable bonds is 7. The highest BCUT2D eigenvalue weighted by atomic mass is 32.2. The summed E-state index contributed by atoms with van der Waals surface area (Å²) in [7, 11) is 1.56. The molecule has 0 unspecified atom stereocenters. The van der Waals surface area contributed by atoms with Crippen LogP contribution in [0.15, 0.2) is 66.2 Å². The predicted octanol–water partition coefficient (Wildman–Crippen LogP) is 3.98. The number of nitrogens with one attached hydrogen (secondary N) is 1. The van der Waals surface area contributed by atoms with Gasteiger partial charge in [0, 0.05) is 18.7 Å². The molecule has 150 valence electrons. The number of nitrogens with zero attached hydrogens (tertiary/aromatic N) is 2. The molecule has 2 aromatic rings. The van der Waals surface area contributed by atoms with Gasteiger partial charge < -0.3 is 10.1 Å². The van der Waals surface area contributed by atoms with E-state index in [0.717, 1.165) is 11.8 Å². The van der Waals surface area contributed by atoms with Crippen LogP contribution in [0.3, 0.4) is 0 Å². The van der Waals surface area contributed by atoms with Crippen molar-refractivity contribution in [2.75, 3.05) is 19.0 Å². The molecule has 1 saturated heterocycles. The zero-order chi connectivity index (χ0) is 20.8. The molecule has 1 heterocycles. The van der Waals surface area contributed by atoms with E-state index in [0.29, 0.717) is 16.6 Å². The molecular weight excluding hydrogens is 393 g/mol. The van der Waals surface area contributed by atoms with Gasteiger partial charge in [-0.15, -0.1) is 6.58 Å². The summed E-state index contributed by atoms with van der Waals surface area (Å²) in [5.41, 5.74) is 0.745. The molecule has 2 amide bonds. The maximum Gasteiger partial charge on any atom is 0.242 e. The van der Waals surface area contributed by atoms with Crippen LogP contribution < -0.4 is 10.1 Å². The zero-order valence-corrected chi connectivity index (χ0v) is 16.6. The molecule has 29 heavy (non-hydrogen) atoms. The molecule has 1 aliphatic heterocycles. The number of hydrogen-bond acceptors (Lipinski definition) is 5. The fourth-order valence-corrected chi connectivity index (χ4v) is 3.88. The summed E-state index contributed by atoms with van der Waals surface area (Å²) in [6.45, 7) is 3.88. The Morgan fingerprint density at radius 2 is 2.03 bits per heavy atom. The van der Waals surface area contributed by atoms with Crippen LogP contribution in [0.4, 0.5) is 15.8 Å². The largest absolute Gasteiger partial charge is 0.497 e. The molecule has 0 aromatic heterocycles. The van der Waals surface area contributed by atoms with Gasteiger partial charge in [0.2, 0.25) is 11.8 Å². The first-order chi connectivity index (χ1) is 14.0. The highest BCUT2D eigenvalue weighted by Gasteiger charge is 2.38. The lowest BCUT2D eigenvalue weighted by Gasteiger charge is -2.14. The number of carbonyl (C=O) groups excluding carboxylic acids is 2. The van der Waals surface area contributed by atoms with Crippen molar-refractivity contribution >= 4 is 40.1 Å². The summed E-state index contributed by atoms with van der Waals surface area (Å²) in [5, 5.41) is 2.47. The van der Waals surface area contributed by atoms with Crippen molar-refractivity contribution in [2.45, 2.75) is 11.7 Å². The molecule has 1 N–H and O–H groups in total. The van der Waals surface area contributed by atoms with Gasteiger partial charge in [0.1, 0.15) is 22.5 Å². The van der Waals surface area contributed by atoms with E-state index in [1.54, 1.807) is 49.6 Å². The standard InChI is InChI=1S/C21H20FN3O3S/c1-3-12-25-20(27)18(29-21(25)24-17-7-5-4-6-16(17)22)13-19(26)23-14-8-10-15(28-2)11-9-14/h3-11,18H,1,12-13H2,2H3,(H,23,26)/t18-/m0/s1. The van der Waals surface area contributed by atoms with E-state index < -0.39 is 11.1 Å². The van der Waals surface area contributed by atoms with E-state index in [2.05, 4.69) is 16.9 Å². The number of aliphatic imine (C=N–C) groups is 1. The van der Waals surface area contributed by atoms with Gasteiger partial charge in [0.15, 0.2) is 5.17 Å². The fourth-order valence-electron chi connectivity index (χ4n) is 2.72. The molecular formula is C21H20FN3O3S. The Balaban J connectivity index is 1.72. The minimum absolute atomic E-state index is 0.0283. The van der Waals surface area contributed by atoms with Crippen LogP contribution in [0.1, 0.15) is 6.42 Å². The van der Waals surface area contributed by atoms with Gasteiger partial charge >= 0.3 is 0 Å². The van der Waals surface area contributed by atoms with E-state index in [-0.39, 0.29) is 30.5 Å². The molecule has 0 saturated carbocycles. The number of thioether (sulfide) groups is 1. The van der Waals surface area contributed by atoms with Gasteiger partial charge in [0.25, 0.3) is 0 Å². The number of anilines is 1. The minimum Gasteiger partial charge on any atom is -0.497 e. The Kier molecular flexibility index (Phi) is 6.66. The average molecular weight is 413 g/mol. The van der Waals surface area contributed by atoms with Crippen molar-refractivity contribution in [3.05, 3.63) is 67.0 Å². The van der Waals surface area contributed by atoms with Crippen LogP contribution in [0.5, 0.6) is 5.75 Å². The van der Waals surface area contributed by atoms with E-state index >= 15 is 0 Å². The number of benzene rings is 2. The number of amides is 2. The van der Waals surface area contributed by atoms with Crippen molar-refractivity contribution in [3.63, 3.8) is 0 Å². The maximum atomic E-state index is 13.9. The minimum atomic E-state index is -0.640. The smallest absolute Gasteiger partial charge is 0.242 e. The van der Waals surface area contributed by atoms with Gasteiger partial charge in [-0.25, -0.2) is 9.38 Å². The van der Waals surface area contributed by atoms with E-state index in [4.69, 9.17) is 4.74 Å². The molecule has 2 aromatic carbocycles. The number of para-hydroxylation sites is 1. The Morgan fingerprint density at radius 1 is 1.31 bits per heavy atom. The zero-order valence-electron chi connectivity index (χ0n) is 15.8. The normalized spacial score (nSPS) is 17.4. The highest BCUT2D eigenvalue weighted by molar-refractivity contribution is 8.15. The van der Waals surface area contributed by atoms with Crippen molar-refractivity contribution in [2.24, 2.45) is 4.99 Å². The van der Waals surface area contributed by atoms with Crippen LogP contribution in [0, 0.1) is 5.82 Å². The molecule has 0 bridgehead atoms. The SMILES string of the molecule is C=CCN1C(=O)[C@H](CC(=O)Nc2ccc(OC)cc2)SC1=Nc1ccccc1F. The Hall–Kier alpha value is -3.13. The number of carbonyl (C=O) groups is 2. The van der Waals surface area contributed by atoms with E-state index in [9.17, 15) is 14.0 Å². The first-order valence-corrected chi connectivity index (χ1v) is 9.76. The summed E-state index contributed by atoms with van der Waals surface area (Å²) in [4.78, 5) is 30.8. The number of halogens is 1. The lowest BCUT2D eigenvalue weighted by Crippen LogP contribution is -2.33. The molecule has 8 heteroatoms. The summed E-state index contributed by atoms with van der Waals surface area (Å²) in [5.74, 6) is -0.354. The third kappa shape index (κ3) is 5.03. The third-order valence-electron chi connectivity index (χ3n) is 4.14. The average Bonchev–Trinajstić information content (AvgIpc) is 2.99. The predicted molar refractivity (Wildman–Crippen MR) is 113 cm³/mol. The number of ether oxygens (including phenoxy) is 1. The van der Waals surface area contributed by atoms with Gasteiger partial charge in [-0.1, -0.05) is 30.0 Å². The van der Waals surface area contributed by atoms with Crippen LogP contribution in [-0.4, -0.2) is 40.8 Å².